The molecule has 8 heteroatoms. The monoisotopic (exact) mass is 373 g/mol. The highest BCUT2D eigenvalue weighted by Gasteiger charge is 2.17. The van der Waals surface area contributed by atoms with E-state index in [0.29, 0.717) is 16.3 Å². The number of aryl methyl sites for hydroxylation is 2. The van der Waals surface area contributed by atoms with Gasteiger partial charge in [-0.1, -0.05) is 11.6 Å². The molecule has 0 radical (unpaired) electrons. The summed E-state index contributed by atoms with van der Waals surface area (Å²) in [6.07, 6.45) is 0. The standard InChI is InChI=1S/C18H16ClN3O4/c1-10-6-11(2)22(17(24)14(10)8-20)9-16(23)21-15-7-12(19)4-5-13(15)18(25)26-3/h4-7H,9H2,1-3H3,(H,21,23). The van der Waals surface area contributed by atoms with Gasteiger partial charge in [0.15, 0.2) is 0 Å². The molecule has 0 aliphatic heterocycles. The molecule has 1 amide bonds. The molecule has 2 aromatic rings. The van der Waals surface area contributed by atoms with Gasteiger partial charge in [-0.15, -0.1) is 0 Å². The minimum absolute atomic E-state index is 0.0126. The number of halogens is 1. The Bertz CT molecular complexity index is 989. The number of anilines is 1. The molecular weight excluding hydrogens is 358 g/mol. The van der Waals surface area contributed by atoms with E-state index in [4.69, 9.17) is 16.9 Å². The van der Waals surface area contributed by atoms with Gasteiger partial charge in [0, 0.05) is 10.7 Å². The van der Waals surface area contributed by atoms with Crippen LogP contribution in [0.2, 0.25) is 5.02 Å². The predicted molar refractivity (Wildman–Crippen MR) is 96.3 cm³/mol. The molecule has 0 saturated heterocycles. The maximum Gasteiger partial charge on any atom is 0.339 e. The van der Waals surface area contributed by atoms with E-state index in [0.717, 1.165) is 0 Å². The summed E-state index contributed by atoms with van der Waals surface area (Å²) in [5.74, 6) is -1.18. The van der Waals surface area contributed by atoms with Crippen molar-refractivity contribution in [1.29, 1.82) is 5.26 Å². The van der Waals surface area contributed by atoms with Crippen LogP contribution in [0, 0.1) is 25.2 Å². The number of ether oxygens (including phenoxy) is 1. The lowest BCUT2D eigenvalue weighted by atomic mass is 10.1. The molecule has 26 heavy (non-hydrogen) atoms. The van der Waals surface area contributed by atoms with Crippen molar-refractivity contribution in [3.05, 3.63) is 62.0 Å². The van der Waals surface area contributed by atoms with Crippen molar-refractivity contribution in [3.8, 4) is 6.07 Å². The average molecular weight is 374 g/mol. The zero-order valence-corrected chi connectivity index (χ0v) is 15.2. The summed E-state index contributed by atoms with van der Waals surface area (Å²) in [6, 6.07) is 7.85. The van der Waals surface area contributed by atoms with Crippen molar-refractivity contribution in [2.24, 2.45) is 0 Å². The molecular formula is C18H16ClN3O4. The number of esters is 1. The predicted octanol–water partition coefficient (Wildman–Crippen LogP) is 2.42. The SMILES string of the molecule is COC(=O)c1ccc(Cl)cc1NC(=O)Cn1c(C)cc(C)c(C#N)c1=O. The average Bonchev–Trinajstić information content (AvgIpc) is 2.58. The second-order valence-corrected chi connectivity index (χ2v) is 6.01. The summed E-state index contributed by atoms with van der Waals surface area (Å²) in [6.45, 7) is 3.01. The highest BCUT2D eigenvalue weighted by atomic mass is 35.5. The number of hydrogen-bond acceptors (Lipinski definition) is 5. The summed E-state index contributed by atoms with van der Waals surface area (Å²) in [5.41, 5.74) is 0.847. The van der Waals surface area contributed by atoms with Crippen LogP contribution in [0.1, 0.15) is 27.2 Å². The number of pyridine rings is 1. The van der Waals surface area contributed by atoms with Crippen LogP contribution in [-0.4, -0.2) is 23.6 Å². The summed E-state index contributed by atoms with van der Waals surface area (Å²) >= 11 is 5.92. The van der Waals surface area contributed by atoms with Crippen LogP contribution in [-0.2, 0) is 16.1 Å². The molecule has 2 rings (SSSR count). The van der Waals surface area contributed by atoms with Gasteiger partial charge in [0.25, 0.3) is 5.56 Å². The molecule has 0 fully saturated rings. The van der Waals surface area contributed by atoms with E-state index in [1.807, 2.05) is 6.07 Å². The summed E-state index contributed by atoms with van der Waals surface area (Å²) in [4.78, 5) is 36.6. The van der Waals surface area contributed by atoms with Crippen LogP contribution in [0.15, 0.2) is 29.1 Å². The van der Waals surface area contributed by atoms with E-state index in [9.17, 15) is 14.4 Å². The van der Waals surface area contributed by atoms with Crippen LogP contribution in [0.4, 0.5) is 5.69 Å². The quantitative estimate of drug-likeness (QED) is 0.829. The summed E-state index contributed by atoms with van der Waals surface area (Å²) < 4.78 is 5.87. The Kier molecular flexibility index (Phi) is 5.80. The van der Waals surface area contributed by atoms with Gasteiger partial charge in [-0.3, -0.25) is 9.59 Å². The number of methoxy groups -OCH3 is 1. The maximum atomic E-state index is 12.4. The number of carbonyl (C=O) groups is 2. The van der Waals surface area contributed by atoms with Crippen molar-refractivity contribution in [3.63, 3.8) is 0 Å². The van der Waals surface area contributed by atoms with Crippen LogP contribution >= 0.6 is 11.6 Å². The molecule has 0 atom stereocenters. The number of hydrogen-bond donors (Lipinski definition) is 1. The first-order chi connectivity index (χ1) is 12.3. The third-order valence-electron chi connectivity index (χ3n) is 3.78. The maximum absolute atomic E-state index is 12.4. The Morgan fingerprint density at radius 2 is 2.00 bits per heavy atom. The minimum atomic E-state index is -0.632. The first-order valence-corrected chi connectivity index (χ1v) is 7.95. The van der Waals surface area contributed by atoms with Gasteiger partial charge in [0.05, 0.1) is 18.4 Å². The number of benzene rings is 1. The van der Waals surface area contributed by atoms with Crippen LogP contribution in [0.3, 0.4) is 0 Å². The highest BCUT2D eigenvalue weighted by Crippen LogP contribution is 2.22. The van der Waals surface area contributed by atoms with Gasteiger partial charge >= 0.3 is 5.97 Å². The fourth-order valence-corrected chi connectivity index (χ4v) is 2.67. The normalized spacial score (nSPS) is 10.1. The van der Waals surface area contributed by atoms with Crippen LogP contribution < -0.4 is 10.9 Å². The Morgan fingerprint density at radius 1 is 1.31 bits per heavy atom. The largest absolute Gasteiger partial charge is 0.465 e. The topological polar surface area (TPSA) is 101 Å². The second kappa shape index (κ2) is 7.85. The van der Waals surface area contributed by atoms with Gasteiger partial charge in [-0.05, 0) is 43.7 Å². The number of carbonyl (C=O) groups excluding carboxylic acids is 2. The Balaban J connectivity index is 2.34. The summed E-state index contributed by atoms with van der Waals surface area (Å²) in [7, 11) is 1.22. The number of nitrogens with zero attached hydrogens (tertiary/aromatic N) is 2. The fraction of sp³-hybridized carbons (Fsp3) is 0.222. The van der Waals surface area contributed by atoms with Crippen LogP contribution in [0.25, 0.3) is 0 Å². The van der Waals surface area contributed by atoms with E-state index in [1.54, 1.807) is 19.9 Å². The van der Waals surface area contributed by atoms with Gasteiger partial charge < -0.3 is 14.6 Å². The van der Waals surface area contributed by atoms with Crippen molar-refractivity contribution < 1.29 is 14.3 Å². The molecule has 1 aromatic heterocycles. The Morgan fingerprint density at radius 3 is 2.62 bits per heavy atom. The Hall–Kier alpha value is -3.11. The molecule has 7 nitrogen and oxygen atoms in total. The highest BCUT2D eigenvalue weighted by molar-refractivity contribution is 6.31. The van der Waals surface area contributed by atoms with Crippen molar-refractivity contribution >= 4 is 29.2 Å². The second-order valence-electron chi connectivity index (χ2n) is 5.58. The molecule has 1 heterocycles. The van der Waals surface area contributed by atoms with E-state index in [2.05, 4.69) is 10.1 Å². The van der Waals surface area contributed by atoms with Crippen LogP contribution in [0.5, 0.6) is 0 Å². The van der Waals surface area contributed by atoms with E-state index in [-0.39, 0.29) is 23.4 Å². The van der Waals surface area contributed by atoms with Gasteiger partial charge in [-0.2, -0.15) is 5.26 Å². The molecule has 0 aliphatic rings. The lowest BCUT2D eigenvalue weighted by molar-refractivity contribution is -0.116. The third-order valence-corrected chi connectivity index (χ3v) is 4.01. The molecule has 1 N–H and O–H groups in total. The molecule has 0 saturated carbocycles. The molecule has 1 aromatic carbocycles. The smallest absolute Gasteiger partial charge is 0.339 e. The first-order valence-electron chi connectivity index (χ1n) is 7.57. The zero-order valence-electron chi connectivity index (χ0n) is 14.4. The van der Waals surface area contributed by atoms with Gasteiger partial charge in [0.2, 0.25) is 5.91 Å². The molecule has 134 valence electrons. The Labute approximate surface area is 154 Å². The van der Waals surface area contributed by atoms with E-state index in [1.165, 1.54) is 29.9 Å². The van der Waals surface area contributed by atoms with E-state index < -0.39 is 17.4 Å². The van der Waals surface area contributed by atoms with Gasteiger partial charge in [0.1, 0.15) is 18.2 Å². The molecule has 0 aliphatic carbocycles. The fourth-order valence-electron chi connectivity index (χ4n) is 2.50. The number of aromatic nitrogens is 1. The number of nitrogens with one attached hydrogen (secondary N) is 1. The molecule has 0 spiro atoms. The van der Waals surface area contributed by atoms with Crippen molar-refractivity contribution in [2.75, 3.05) is 12.4 Å². The number of amides is 1. The zero-order chi connectivity index (χ0) is 19.4. The first kappa shape index (κ1) is 19.2. The lowest BCUT2D eigenvalue weighted by Crippen LogP contribution is -2.31. The summed E-state index contributed by atoms with van der Waals surface area (Å²) in [5, 5.41) is 12.0. The van der Waals surface area contributed by atoms with Crippen molar-refractivity contribution in [1.82, 2.24) is 4.57 Å². The van der Waals surface area contributed by atoms with E-state index >= 15 is 0 Å². The number of nitriles is 1. The van der Waals surface area contributed by atoms with Crippen molar-refractivity contribution in [2.45, 2.75) is 20.4 Å². The number of rotatable bonds is 4. The third kappa shape index (κ3) is 3.92. The minimum Gasteiger partial charge on any atom is -0.465 e. The van der Waals surface area contributed by atoms with Gasteiger partial charge in [-0.25, -0.2) is 4.79 Å². The molecule has 0 unspecified atom stereocenters. The molecule has 0 bridgehead atoms. The lowest BCUT2D eigenvalue weighted by Gasteiger charge is -2.14.